The van der Waals surface area contributed by atoms with Crippen LogP contribution in [0.1, 0.15) is 31.2 Å². The van der Waals surface area contributed by atoms with E-state index < -0.39 is 24.3 Å². The third-order valence-electron chi connectivity index (χ3n) is 4.02. The zero-order valence-corrected chi connectivity index (χ0v) is 12.6. The smallest absolute Gasteiger partial charge is 0.419 e. The highest BCUT2D eigenvalue weighted by molar-refractivity contribution is 5.77. The maximum atomic E-state index is 12.8. The number of halogens is 3. The fourth-order valence-electron chi connectivity index (χ4n) is 2.73. The molecule has 1 aromatic carbocycles. The van der Waals surface area contributed by atoms with Crippen molar-refractivity contribution >= 4 is 5.91 Å². The fourth-order valence-corrected chi connectivity index (χ4v) is 2.73. The Morgan fingerprint density at radius 1 is 1.22 bits per heavy atom. The molecule has 0 heterocycles. The Balaban J connectivity index is 1.84. The van der Waals surface area contributed by atoms with Crippen molar-refractivity contribution in [2.24, 2.45) is 5.92 Å². The molecule has 0 aliphatic heterocycles. The molecule has 1 saturated carbocycles. The van der Waals surface area contributed by atoms with E-state index in [0.717, 1.165) is 31.7 Å². The van der Waals surface area contributed by atoms with Crippen LogP contribution in [0.15, 0.2) is 24.3 Å². The van der Waals surface area contributed by atoms with Gasteiger partial charge in [0.25, 0.3) is 5.91 Å². The molecule has 2 N–H and O–H groups in total. The summed E-state index contributed by atoms with van der Waals surface area (Å²) in [5, 5.41) is 11.8. The highest BCUT2D eigenvalue weighted by Gasteiger charge is 2.34. The first-order valence-corrected chi connectivity index (χ1v) is 7.59. The molecule has 0 radical (unpaired) electrons. The van der Waals surface area contributed by atoms with Gasteiger partial charge in [-0.05, 0) is 43.7 Å². The maximum absolute atomic E-state index is 12.8. The summed E-state index contributed by atoms with van der Waals surface area (Å²) < 4.78 is 43.5. The van der Waals surface area contributed by atoms with Crippen LogP contribution in [0.25, 0.3) is 0 Å². The van der Waals surface area contributed by atoms with Gasteiger partial charge in [-0.25, -0.2) is 0 Å². The van der Waals surface area contributed by atoms with Gasteiger partial charge in [-0.15, -0.1) is 0 Å². The second-order valence-corrected chi connectivity index (χ2v) is 5.75. The Morgan fingerprint density at radius 2 is 1.87 bits per heavy atom. The molecule has 1 aliphatic carbocycles. The van der Waals surface area contributed by atoms with Crippen LogP contribution in [0.5, 0.6) is 5.75 Å². The number of aliphatic hydroxyl groups excluding tert-OH is 1. The van der Waals surface area contributed by atoms with Gasteiger partial charge in [-0.1, -0.05) is 12.1 Å². The van der Waals surface area contributed by atoms with E-state index in [1.54, 1.807) is 0 Å². The topological polar surface area (TPSA) is 58.6 Å². The summed E-state index contributed by atoms with van der Waals surface area (Å²) in [4.78, 5) is 11.8. The van der Waals surface area contributed by atoms with E-state index in [4.69, 9.17) is 9.84 Å². The molecule has 7 heteroatoms. The molecule has 0 atom stereocenters. The number of benzene rings is 1. The summed E-state index contributed by atoms with van der Waals surface area (Å²) in [6.45, 7) is -0.301. The minimum absolute atomic E-state index is 0.00763. The number of para-hydroxylation sites is 1. The molecular weight excluding hydrogens is 311 g/mol. The van der Waals surface area contributed by atoms with Crippen LogP contribution in [0, 0.1) is 5.92 Å². The molecule has 0 aromatic heterocycles. The van der Waals surface area contributed by atoms with Crippen LogP contribution >= 0.6 is 0 Å². The average molecular weight is 331 g/mol. The lowest BCUT2D eigenvalue weighted by atomic mass is 9.86. The highest BCUT2D eigenvalue weighted by Crippen LogP contribution is 2.35. The standard InChI is InChI=1S/C16H20F3NO3/c17-16(18,19)13-3-1-2-4-14(13)23-10-15(22)20-12-7-5-11(9-21)6-8-12/h1-4,11-12,21H,5-10H2,(H,20,22). The Morgan fingerprint density at radius 3 is 2.48 bits per heavy atom. The highest BCUT2D eigenvalue weighted by atomic mass is 19.4. The lowest BCUT2D eigenvalue weighted by Crippen LogP contribution is -2.40. The number of aliphatic hydroxyl groups is 1. The minimum Gasteiger partial charge on any atom is -0.483 e. The first-order chi connectivity index (χ1) is 10.9. The van der Waals surface area contributed by atoms with Gasteiger partial charge >= 0.3 is 6.18 Å². The molecule has 0 bridgehead atoms. The van der Waals surface area contributed by atoms with E-state index in [1.165, 1.54) is 18.2 Å². The Bertz CT molecular complexity index is 526. The molecule has 0 saturated heterocycles. The number of carbonyl (C=O) groups is 1. The third kappa shape index (κ3) is 5.13. The van der Waals surface area contributed by atoms with Gasteiger partial charge in [0.1, 0.15) is 5.75 Å². The summed E-state index contributed by atoms with van der Waals surface area (Å²) in [5.74, 6) is -0.508. The molecule has 23 heavy (non-hydrogen) atoms. The molecule has 1 amide bonds. The van der Waals surface area contributed by atoms with Gasteiger partial charge in [0.05, 0.1) is 5.56 Å². The summed E-state index contributed by atoms with van der Waals surface area (Å²) in [7, 11) is 0. The van der Waals surface area contributed by atoms with Gasteiger partial charge in [-0.2, -0.15) is 13.2 Å². The van der Waals surface area contributed by atoms with Gasteiger partial charge in [0, 0.05) is 12.6 Å². The molecular formula is C16H20F3NO3. The van der Waals surface area contributed by atoms with Crippen LogP contribution in [-0.2, 0) is 11.0 Å². The summed E-state index contributed by atoms with van der Waals surface area (Å²) >= 11 is 0. The molecule has 0 spiro atoms. The molecule has 1 aromatic rings. The van der Waals surface area contributed by atoms with Gasteiger partial charge in [-0.3, -0.25) is 4.79 Å². The third-order valence-corrected chi connectivity index (χ3v) is 4.02. The van der Waals surface area contributed by atoms with Crippen molar-refractivity contribution in [2.45, 2.75) is 37.9 Å². The summed E-state index contributed by atoms with van der Waals surface area (Å²) in [6, 6.07) is 4.81. The second-order valence-electron chi connectivity index (χ2n) is 5.75. The van der Waals surface area contributed by atoms with Crippen LogP contribution in [-0.4, -0.2) is 30.3 Å². The van der Waals surface area contributed by atoms with E-state index in [-0.39, 0.29) is 24.3 Å². The molecule has 2 rings (SSSR count). The van der Waals surface area contributed by atoms with E-state index in [0.29, 0.717) is 0 Å². The normalized spacial score (nSPS) is 21.7. The number of amides is 1. The SMILES string of the molecule is O=C(COc1ccccc1C(F)(F)F)NC1CCC(CO)CC1. The molecule has 1 fully saturated rings. The van der Waals surface area contributed by atoms with Crippen molar-refractivity contribution in [1.82, 2.24) is 5.32 Å². The summed E-state index contributed by atoms with van der Waals surface area (Å²) in [6.07, 6.45) is -1.33. The van der Waals surface area contributed by atoms with Crippen molar-refractivity contribution in [1.29, 1.82) is 0 Å². The largest absolute Gasteiger partial charge is 0.483 e. The molecule has 0 unspecified atom stereocenters. The predicted octanol–water partition coefficient (Wildman–Crippen LogP) is 2.75. The van der Waals surface area contributed by atoms with Crippen LogP contribution in [0.4, 0.5) is 13.2 Å². The van der Waals surface area contributed by atoms with Crippen molar-refractivity contribution in [2.75, 3.05) is 13.2 Å². The van der Waals surface area contributed by atoms with Crippen LogP contribution in [0.3, 0.4) is 0 Å². The van der Waals surface area contributed by atoms with E-state index in [1.807, 2.05) is 0 Å². The van der Waals surface area contributed by atoms with Crippen molar-refractivity contribution in [3.63, 3.8) is 0 Å². The van der Waals surface area contributed by atoms with Crippen molar-refractivity contribution in [3.05, 3.63) is 29.8 Å². The predicted molar refractivity (Wildman–Crippen MR) is 77.9 cm³/mol. The van der Waals surface area contributed by atoms with Gasteiger partial charge < -0.3 is 15.2 Å². The quantitative estimate of drug-likeness (QED) is 0.872. The average Bonchev–Trinajstić information content (AvgIpc) is 2.53. The number of rotatable bonds is 5. The minimum atomic E-state index is -4.52. The van der Waals surface area contributed by atoms with E-state index in [9.17, 15) is 18.0 Å². The number of carbonyl (C=O) groups excluding carboxylic acids is 1. The number of hydrogen-bond donors (Lipinski definition) is 2. The summed E-state index contributed by atoms with van der Waals surface area (Å²) in [5.41, 5.74) is -0.892. The van der Waals surface area contributed by atoms with Crippen molar-refractivity contribution < 1.29 is 27.8 Å². The lowest BCUT2D eigenvalue weighted by Gasteiger charge is -2.27. The number of hydrogen-bond acceptors (Lipinski definition) is 3. The number of alkyl halides is 3. The Labute approximate surface area is 132 Å². The van der Waals surface area contributed by atoms with Crippen LogP contribution in [0.2, 0.25) is 0 Å². The zero-order valence-electron chi connectivity index (χ0n) is 12.6. The first-order valence-electron chi connectivity index (χ1n) is 7.59. The second kappa shape index (κ2) is 7.68. The van der Waals surface area contributed by atoms with E-state index in [2.05, 4.69) is 5.32 Å². The van der Waals surface area contributed by atoms with Crippen LogP contribution < -0.4 is 10.1 Å². The van der Waals surface area contributed by atoms with Gasteiger partial charge in [0.15, 0.2) is 6.61 Å². The first kappa shape index (κ1) is 17.6. The van der Waals surface area contributed by atoms with Crippen molar-refractivity contribution in [3.8, 4) is 5.75 Å². The molecule has 4 nitrogen and oxygen atoms in total. The van der Waals surface area contributed by atoms with E-state index >= 15 is 0 Å². The molecule has 128 valence electrons. The maximum Gasteiger partial charge on any atom is 0.419 e. The lowest BCUT2D eigenvalue weighted by molar-refractivity contribution is -0.139. The monoisotopic (exact) mass is 331 g/mol. The number of ether oxygens (including phenoxy) is 1. The Hall–Kier alpha value is -1.76. The zero-order chi connectivity index (χ0) is 16.9. The Kier molecular flexibility index (Phi) is 5.87. The number of nitrogens with one attached hydrogen (secondary N) is 1. The fraction of sp³-hybridized carbons (Fsp3) is 0.562. The molecule has 1 aliphatic rings. The van der Waals surface area contributed by atoms with Gasteiger partial charge in [0.2, 0.25) is 0 Å².